The summed E-state index contributed by atoms with van der Waals surface area (Å²) in [5, 5.41) is 1.28. The van der Waals surface area contributed by atoms with E-state index in [2.05, 4.69) is 0 Å². The normalized spacial score (nSPS) is 34.1. The fourth-order valence-electron chi connectivity index (χ4n) is 4.12. The van der Waals surface area contributed by atoms with Gasteiger partial charge in [-0.3, -0.25) is 9.11 Å². The first-order chi connectivity index (χ1) is 13.1. The quantitative estimate of drug-likeness (QED) is 0.556. The molecule has 0 amide bonds. The van der Waals surface area contributed by atoms with E-state index in [0.29, 0.717) is 21.9 Å². The molecule has 2 aliphatic heterocycles. The molecule has 10 heteroatoms. The molecule has 4 atom stereocenters. The van der Waals surface area contributed by atoms with Crippen LogP contribution in [0.3, 0.4) is 0 Å². The van der Waals surface area contributed by atoms with E-state index < -0.39 is 43.3 Å². The number of allylic oxidation sites excluding steroid dienone is 2. The summed E-state index contributed by atoms with van der Waals surface area (Å²) >= 11 is 0. The van der Waals surface area contributed by atoms with Crippen molar-refractivity contribution in [3.05, 3.63) is 82.7 Å². The summed E-state index contributed by atoms with van der Waals surface area (Å²) in [6.07, 6.45) is 9.56. The lowest BCUT2D eigenvalue weighted by Gasteiger charge is -2.58. The molecule has 148 valence electrons. The molecule has 0 spiro atoms. The standard InChI is InChI=1S/C18H16O8S2/c19-27(20,21)11-9-17-13-5-1-2-6-14(13)18(26-25-17,10-12-28(22,23)24)16-8-4-3-7-15(16)17/h1-14H,(H,19,20,21)(H,22,23,24)/b11-9+,12-10+. The van der Waals surface area contributed by atoms with Gasteiger partial charge in [0.25, 0.3) is 20.2 Å². The Hall–Kier alpha value is -2.08. The smallest absolute Gasteiger partial charge is 0.282 e. The Morgan fingerprint density at radius 1 is 0.786 bits per heavy atom. The van der Waals surface area contributed by atoms with Gasteiger partial charge in [0.05, 0.1) is 10.8 Å². The number of benzene rings is 1. The van der Waals surface area contributed by atoms with Crippen LogP contribution < -0.4 is 0 Å². The van der Waals surface area contributed by atoms with Gasteiger partial charge in [-0.2, -0.15) is 16.8 Å². The van der Waals surface area contributed by atoms with Crippen molar-refractivity contribution in [1.29, 1.82) is 0 Å². The van der Waals surface area contributed by atoms with Crippen LogP contribution in [0.2, 0.25) is 0 Å². The zero-order valence-corrected chi connectivity index (χ0v) is 15.9. The average Bonchev–Trinajstić information content (AvgIpc) is 2.65. The molecule has 1 aromatic rings. The summed E-state index contributed by atoms with van der Waals surface area (Å²) in [6, 6.07) is 6.88. The molecule has 2 heterocycles. The minimum absolute atomic E-state index is 0.467. The fourth-order valence-corrected chi connectivity index (χ4v) is 4.87. The largest absolute Gasteiger partial charge is 0.287 e. The molecule has 4 aliphatic rings. The van der Waals surface area contributed by atoms with E-state index in [1.165, 1.54) is 12.2 Å². The van der Waals surface area contributed by atoms with Gasteiger partial charge in [0, 0.05) is 11.8 Å². The van der Waals surface area contributed by atoms with Gasteiger partial charge in [0.15, 0.2) is 11.2 Å². The molecule has 0 radical (unpaired) electrons. The zero-order valence-electron chi connectivity index (χ0n) is 14.2. The van der Waals surface area contributed by atoms with Crippen LogP contribution in [0.25, 0.3) is 0 Å². The van der Waals surface area contributed by atoms with E-state index in [1.54, 1.807) is 48.6 Å². The van der Waals surface area contributed by atoms with Gasteiger partial charge in [-0.05, 0) is 23.3 Å². The van der Waals surface area contributed by atoms with Crippen LogP contribution in [-0.4, -0.2) is 25.9 Å². The first-order valence-electron chi connectivity index (χ1n) is 8.23. The van der Waals surface area contributed by atoms with E-state index in [9.17, 15) is 25.9 Å². The third-order valence-corrected chi connectivity index (χ3v) is 6.15. The lowest BCUT2D eigenvalue weighted by Crippen LogP contribution is -2.60. The second kappa shape index (κ2) is 6.21. The zero-order chi connectivity index (χ0) is 20.2. The monoisotopic (exact) mass is 424 g/mol. The molecule has 1 aromatic carbocycles. The van der Waals surface area contributed by atoms with Gasteiger partial charge < -0.3 is 0 Å². The predicted molar refractivity (Wildman–Crippen MR) is 98.6 cm³/mol. The first-order valence-corrected chi connectivity index (χ1v) is 11.2. The summed E-state index contributed by atoms with van der Waals surface area (Å²) in [5.41, 5.74) is -1.59. The minimum Gasteiger partial charge on any atom is -0.282 e. The van der Waals surface area contributed by atoms with Crippen molar-refractivity contribution in [2.45, 2.75) is 11.2 Å². The summed E-state index contributed by atoms with van der Waals surface area (Å²) in [6.45, 7) is 0. The predicted octanol–water partition coefficient (Wildman–Crippen LogP) is 2.21. The maximum Gasteiger partial charge on any atom is 0.287 e. The van der Waals surface area contributed by atoms with Gasteiger partial charge in [-0.25, -0.2) is 9.78 Å². The molecule has 4 unspecified atom stereocenters. The van der Waals surface area contributed by atoms with Crippen molar-refractivity contribution in [3.8, 4) is 0 Å². The van der Waals surface area contributed by atoms with Crippen LogP contribution in [0.15, 0.2) is 71.5 Å². The van der Waals surface area contributed by atoms with E-state index in [1.807, 2.05) is 0 Å². The van der Waals surface area contributed by atoms with Gasteiger partial charge in [-0.1, -0.05) is 48.6 Å². The molecule has 1 saturated heterocycles. The number of fused-ring (bicyclic) bond motifs is 1. The summed E-state index contributed by atoms with van der Waals surface area (Å²) in [7, 11) is -8.85. The van der Waals surface area contributed by atoms with Gasteiger partial charge in [0.1, 0.15) is 0 Å². The lowest BCUT2D eigenvalue weighted by molar-refractivity contribution is -0.461. The van der Waals surface area contributed by atoms with Gasteiger partial charge >= 0.3 is 0 Å². The molecule has 28 heavy (non-hydrogen) atoms. The Balaban J connectivity index is 2.00. The van der Waals surface area contributed by atoms with Crippen molar-refractivity contribution < 1.29 is 35.7 Å². The van der Waals surface area contributed by atoms with Crippen LogP contribution in [0.1, 0.15) is 11.1 Å². The highest BCUT2D eigenvalue weighted by Crippen LogP contribution is 2.61. The van der Waals surface area contributed by atoms with Crippen molar-refractivity contribution >= 4 is 20.2 Å². The average molecular weight is 424 g/mol. The Morgan fingerprint density at radius 3 is 1.54 bits per heavy atom. The highest BCUT2D eigenvalue weighted by atomic mass is 32.2. The van der Waals surface area contributed by atoms with Crippen molar-refractivity contribution in [1.82, 2.24) is 0 Å². The first kappa shape index (κ1) is 19.2. The molecule has 2 aliphatic carbocycles. The summed E-state index contributed by atoms with van der Waals surface area (Å²) in [4.78, 5) is 11.3. The van der Waals surface area contributed by atoms with Crippen LogP contribution in [-0.2, 0) is 41.2 Å². The molecule has 2 bridgehead atoms. The summed E-state index contributed by atoms with van der Waals surface area (Å²) in [5.74, 6) is -0.935. The number of hydrogen-bond acceptors (Lipinski definition) is 6. The lowest BCUT2D eigenvalue weighted by atomic mass is 9.57. The van der Waals surface area contributed by atoms with Crippen molar-refractivity contribution in [3.63, 3.8) is 0 Å². The molecule has 1 fully saturated rings. The molecule has 8 nitrogen and oxygen atoms in total. The Kier molecular flexibility index (Phi) is 4.27. The maximum atomic E-state index is 11.3. The van der Waals surface area contributed by atoms with Gasteiger partial charge in [-0.15, -0.1) is 0 Å². The molecule has 0 aromatic heterocycles. The minimum atomic E-state index is -4.42. The van der Waals surface area contributed by atoms with E-state index >= 15 is 0 Å². The number of rotatable bonds is 4. The maximum absolute atomic E-state index is 11.3. The Morgan fingerprint density at radius 2 is 1.18 bits per heavy atom. The molecular formula is C18H16O8S2. The van der Waals surface area contributed by atoms with Crippen molar-refractivity contribution in [2.75, 3.05) is 0 Å². The van der Waals surface area contributed by atoms with Crippen LogP contribution >= 0.6 is 0 Å². The topological polar surface area (TPSA) is 127 Å². The third-order valence-electron chi connectivity index (χ3n) is 5.19. The van der Waals surface area contributed by atoms with E-state index in [4.69, 9.17) is 9.78 Å². The molecule has 2 N–H and O–H groups in total. The van der Waals surface area contributed by atoms with E-state index in [0.717, 1.165) is 0 Å². The number of hydrogen-bond donors (Lipinski definition) is 2. The summed E-state index contributed by atoms with van der Waals surface area (Å²) < 4.78 is 63.7. The highest BCUT2D eigenvalue weighted by Gasteiger charge is 2.63. The van der Waals surface area contributed by atoms with Crippen LogP contribution in [0.4, 0.5) is 0 Å². The van der Waals surface area contributed by atoms with Crippen LogP contribution in [0, 0.1) is 11.8 Å². The van der Waals surface area contributed by atoms with E-state index in [-0.39, 0.29) is 0 Å². The molecule has 5 rings (SSSR count). The molecular weight excluding hydrogens is 408 g/mol. The van der Waals surface area contributed by atoms with Crippen molar-refractivity contribution in [2.24, 2.45) is 11.8 Å². The SMILES string of the molecule is O=S(=O)(O)/C=C/C12OOC(/C=C/S(=O)(=O)O)(c3ccccc31)C1C=CC=CC12. The second-order valence-electron chi connectivity index (χ2n) is 6.76. The van der Waals surface area contributed by atoms with Gasteiger partial charge in [0.2, 0.25) is 0 Å². The molecule has 0 saturated carbocycles. The fraction of sp³-hybridized carbons (Fsp3) is 0.222. The third kappa shape index (κ3) is 2.98. The Labute approximate surface area is 161 Å². The highest BCUT2D eigenvalue weighted by molar-refractivity contribution is 7.89. The Bertz CT molecular complexity index is 1050. The second-order valence-corrected chi connectivity index (χ2v) is 9.36. The van der Waals surface area contributed by atoms with Crippen LogP contribution in [0.5, 0.6) is 0 Å².